The molecule has 0 saturated heterocycles. The first kappa shape index (κ1) is 17.4. The third-order valence-electron chi connectivity index (χ3n) is 3.00. The molecular weight excluding hydrogens is 274 g/mol. The molecule has 2 aromatic carbocycles. The van der Waals surface area contributed by atoms with Crippen LogP contribution >= 0.6 is 0 Å². The molecule has 0 fully saturated rings. The summed E-state index contributed by atoms with van der Waals surface area (Å²) in [6.07, 6.45) is 1.52. The average Bonchev–Trinajstić information content (AvgIpc) is 2.49. The fourth-order valence-electron chi connectivity index (χ4n) is 1.94. The molecule has 0 bridgehead atoms. The van der Waals surface area contributed by atoms with Gasteiger partial charge in [0, 0.05) is 0 Å². The molecule has 4 heteroatoms. The van der Waals surface area contributed by atoms with Crippen molar-refractivity contribution in [3.8, 4) is 0 Å². The number of urea groups is 1. The molecule has 2 rings (SSSR count). The van der Waals surface area contributed by atoms with Gasteiger partial charge in [-0.15, -0.1) is 0 Å². The number of hydrogen-bond acceptors (Lipinski definition) is 2. The van der Waals surface area contributed by atoms with E-state index in [0.29, 0.717) is 5.92 Å². The first-order chi connectivity index (χ1) is 10.5. The van der Waals surface area contributed by atoms with E-state index in [1.165, 1.54) is 17.3 Å². The van der Waals surface area contributed by atoms with Gasteiger partial charge in [0.05, 0.1) is 6.21 Å². The predicted molar refractivity (Wildman–Crippen MR) is 92.0 cm³/mol. The third kappa shape index (κ3) is 6.70. The van der Waals surface area contributed by atoms with Crippen LogP contribution in [0.15, 0.2) is 59.7 Å². The number of nitrogens with two attached hydrogens (primary N) is 1. The molecule has 0 unspecified atom stereocenters. The highest BCUT2D eigenvalue weighted by atomic mass is 16.2. The van der Waals surface area contributed by atoms with Gasteiger partial charge in [-0.25, -0.2) is 10.2 Å². The van der Waals surface area contributed by atoms with E-state index in [1.807, 2.05) is 30.3 Å². The Kier molecular flexibility index (Phi) is 7.40. The fraction of sp³-hybridized carbons (Fsp3) is 0.222. The van der Waals surface area contributed by atoms with Gasteiger partial charge in [0.1, 0.15) is 0 Å². The maximum absolute atomic E-state index is 10.2. The highest BCUT2D eigenvalue weighted by Crippen LogP contribution is 2.17. The van der Waals surface area contributed by atoms with Crippen LogP contribution in [0.1, 0.15) is 36.5 Å². The second-order valence-electron chi connectivity index (χ2n) is 5.16. The van der Waals surface area contributed by atoms with Gasteiger partial charge in [-0.1, -0.05) is 68.4 Å². The van der Waals surface area contributed by atoms with Crippen molar-refractivity contribution in [2.45, 2.75) is 26.7 Å². The molecule has 2 amide bonds. The van der Waals surface area contributed by atoms with Crippen LogP contribution < -0.4 is 11.2 Å². The minimum atomic E-state index is -0.665. The molecular formula is C18H23N3O. The number of rotatable bonds is 3. The molecule has 0 spiro atoms. The fourth-order valence-corrected chi connectivity index (χ4v) is 1.94. The third-order valence-corrected chi connectivity index (χ3v) is 3.00. The summed E-state index contributed by atoms with van der Waals surface area (Å²) in [4.78, 5) is 10.2. The normalized spacial score (nSPS) is 10.2. The Bertz CT molecular complexity index is 607. The molecule has 0 radical (unpaired) electrons. The van der Waals surface area contributed by atoms with Crippen molar-refractivity contribution in [2.24, 2.45) is 10.8 Å². The molecule has 0 saturated carbocycles. The van der Waals surface area contributed by atoms with Crippen molar-refractivity contribution in [2.75, 3.05) is 0 Å². The van der Waals surface area contributed by atoms with E-state index < -0.39 is 6.03 Å². The van der Waals surface area contributed by atoms with Gasteiger partial charge in [0.25, 0.3) is 0 Å². The molecule has 116 valence electrons. The number of hydrogen-bond donors (Lipinski definition) is 2. The Hall–Kier alpha value is -2.62. The van der Waals surface area contributed by atoms with Gasteiger partial charge in [0.15, 0.2) is 0 Å². The van der Waals surface area contributed by atoms with Crippen molar-refractivity contribution in [1.29, 1.82) is 0 Å². The number of nitrogens with zero attached hydrogens (tertiary/aromatic N) is 1. The van der Waals surface area contributed by atoms with E-state index in [2.05, 4.69) is 55.6 Å². The molecule has 0 aromatic heterocycles. The smallest absolute Gasteiger partial charge is 0.332 e. The van der Waals surface area contributed by atoms with Crippen LogP contribution in [0.3, 0.4) is 0 Å². The van der Waals surface area contributed by atoms with E-state index in [4.69, 9.17) is 5.73 Å². The standard InChI is InChI=1S/C10H14.C8H9N3O/c1-8(2)10-7-5-4-6-9(10)3;9-8(12)11-10-6-7-4-2-1-3-5-7/h4-8H,1-3H3;1-6H,(H3,9,11,12). The monoisotopic (exact) mass is 297 g/mol. The van der Waals surface area contributed by atoms with Gasteiger partial charge in [-0.3, -0.25) is 0 Å². The minimum absolute atomic E-state index is 0.654. The van der Waals surface area contributed by atoms with Crippen LogP contribution in [-0.4, -0.2) is 12.2 Å². The second-order valence-corrected chi connectivity index (χ2v) is 5.16. The topological polar surface area (TPSA) is 67.5 Å². The second kappa shape index (κ2) is 9.34. The molecule has 3 N–H and O–H groups in total. The number of carbonyl (C=O) groups excluding carboxylic acids is 1. The van der Waals surface area contributed by atoms with Crippen LogP contribution in [0.25, 0.3) is 0 Å². The molecule has 0 aliphatic rings. The Morgan fingerprint density at radius 2 is 1.68 bits per heavy atom. The summed E-state index contributed by atoms with van der Waals surface area (Å²) in [5, 5.41) is 3.59. The number of primary amides is 1. The van der Waals surface area contributed by atoms with E-state index in [1.54, 1.807) is 0 Å². The van der Waals surface area contributed by atoms with E-state index >= 15 is 0 Å². The molecule has 0 aliphatic carbocycles. The zero-order chi connectivity index (χ0) is 16.4. The van der Waals surface area contributed by atoms with Crippen molar-refractivity contribution in [3.63, 3.8) is 0 Å². The minimum Gasteiger partial charge on any atom is -0.350 e. The summed E-state index contributed by atoms with van der Waals surface area (Å²) in [7, 11) is 0. The quantitative estimate of drug-likeness (QED) is 0.656. The van der Waals surface area contributed by atoms with Crippen LogP contribution in [0.2, 0.25) is 0 Å². The summed E-state index contributed by atoms with van der Waals surface area (Å²) in [5.74, 6) is 0.654. The SMILES string of the molecule is Cc1ccccc1C(C)C.NC(=O)NN=Cc1ccccc1. The number of hydrazone groups is 1. The number of nitrogens with one attached hydrogen (secondary N) is 1. The van der Waals surface area contributed by atoms with E-state index in [9.17, 15) is 4.79 Å². The highest BCUT2D eigenvalue weighted by molar-refractivity contribution is 5.81. The van der Waals surface area contributed by atoms with Gasteiger partial charge in [-0.05, 0) is 29.5 Å². The summed E-state index contributed by atoms with van der Waals surface area (Å²) in [5.41, 5.74) is 10.7. The van der Waals surface area contributed by atoms with Gasteiger partial charge in [-0.2, -0.15) is 5.10 Å². The average molecular weight is 297 g/mol. The summed E-state index contributed by atoms with van der Waals surface area (Å²) in [6, 6.07) is 17.3. The Morgan fingerprint density at radius 3 is 2.18 bits per heavy atom. The maximum Gasteiger partial charge on any atom is 0.332 e. The summed E-state index contributed by atoms with van der Waals surface area (Å²) in [6.45, 7) is 6.61. The maximum atomic E-state index is 10.2. The van der Waals surface area contributed by atoms with E-state index in [0.717, 1.165) is 5.56 Å². The molecule has 22 heavy (non-hydrogen) atoms. The molecule has 2 aromatic rings. The zero-order valence-corrected chi connectivity index (χ0v) is 13.3. The zero-order valence-electron chi connectivity index (χ0n) is 13.3. The van der Waals surface area contributed by atoms with Crippen molar-refractivity contribution < 1.29 is 4.79 Å². The lowest BCUT2D eigenvalue weighted by molar-refractivity contribution is 0.249. The Labute approximate surface area is 132 Å². The first-order valence-corrected chi connectivity index (χ1v) is 7.19. The Balaban J connectivity index is 0.000000224. The summed E-state index contributed by atoms with van der Waals surface area (Å²) < 4.78 is 0. The lowest BCUT2D eigenvalue weighted by atomic mass is 9.99. The van der Waals surface area contributed by atoms with Gasteiger partial charge < -0.3 is 5.73 Å². The van der Waals surface area contributed by atoms with E-state index in [-0.39, 0.29) is 0 Å². The predicted octanol–water partition coefficient (Wildman–Crippen LogP) is 3.81. The lowest BCUT2D eigenvalue weighted by Crippen LogP contribution is -2.24. The van der Waals surface area contributed by atoms with Gasteiger partial charge in [0.2, 0.25) is 0 Å². The van der Waals surface area contributed by atoms with Crippen LogP contribution in [0.4, 0.5) is 4.79 Å². The van der Waals surface area contributed by atoms with Crippen LogP contribution in [0.5, 0.6) is 0 Å². The van der Waals surface area contributed by atoms with Gasteiger partial charge >= 0.3 is 6.03 Å². The van der Waals surface area contributed by atoms with Crippen LogP contribution in [0, 0.1) is 6.92 Å². The molecule has 0 heterocycles. The number of carbonyl (C=O) groups is 1. The molecule has 0 atom stereocenters. The molecule has 4 nitrogen and oxygen atoms in total. The highest BCUT2D eigenvalue weighted by Gasteiger charge is 1.99. The lowest BCUT2D eigenvalue weighted by Gasteiger charge is -2.07. The van der Waals surface area contributed by atoms with Crippen molar-refractivity contribution >= 4 is 12.2 Å². The first-order valence-electron chi connectivity index (χ1n) is 7.19. The van der Waals surface area contributed by atoms with Crippen molar-refractivity contribution in [3.05, 3.63) is 71.3 Å². The summed E-state index contributed by atoms with van der Waals surface area (Å²) >= 11 is 0. The number of aryl methyl sites for hydroxylation is 1. The number of benzene rings is 2. The Morgan fingerprint density at radius 1 is 1.09 bits per heavy atom. The number of amides is 2. The molecule has 0 aliphatic heterocycles. The van der Waals surface area contributed by atoms with Crippen LogP contribution in [-0.2, 0) is 0 Å². The van der Waals surface area contributed by atoms with Crippen molar-refractivity contribution in [1.82, 2.24) is 5.43 Å². The largest absolute Gasteiger partial charge is 0.350 e.